The molecule has 2 aromatic carbocycles. The smallest absolute Gasteiger partial charge is 0.231 e. The summed E-state index contributed by atoms with van der Waals surface area (Å²) < 4.78 is 10.5. The number of anilines is 1. The zero-order valence-electron chi connectivity index (χ0n) is 11.8. The zero-order chi connectivity index (χ0) is 15.1. The van der Waals surface area contributed by atoms with Gasteiger partial charge in [0.15, 0.2) is 11.5 Å². The summed E-state index contributed by atoms with van der Waals surface area (Å²) >= 11 is 0. The highest BCUT2D eigenvalue weighted by atomic mass is 16.7. The topological polar surface area (TPSA) is 67.8 Å². The van der Waals surface area contributed by atoms with E-state index in [9.17, 15) is 9.90 Å². The van der Waals surface area contributed by atoms with Gasteiger partial charge in [-0.3, -0.25) is 4.79 Å². The summed E-state index contributed by atoms with van der Waals surface area (Å²) in [7, 11) is 0. The Kier molecular flexibility index (Phi) is 2.92. The number of aromatic hydroxyl groups is 1. The van der Waals surface area contributed by atoms with Gasteiger partial charge in [0, 0.05) is 17.7 Å². The van der Waals surface area contributed by atoms with Gasteiger partial charge < -0.3 is 19.9 Å². The molecule has 2 atom stereocenters. The lowest BCUT2D eigenvalue weighted by Gasteiger charge is -2.06. The van der Waals surface area contributed by atoms with Gasteiger partial charge in [-0.05, 0) is 42.2 Å². The lowest BCUT2D eigenvalue weighted by molar-refractivity contribution is -0.117. The van der Waals surface area contributed by atoms with Gasteiger partial charge in [-0.1, -0.05) is 12.1 Å². The molecule has 2 unspecified atom stereocenters. The van der Waals surface area contributed by atoms with Crippen LogP contribution in [-0.4, -0.2) is 17.8 Å². The number of phenols is 1. The van der Waals surface area contributed by atoms with Crippen LogP contribution < -0.4 is 14.8 Å². The van der Waals surface area contributed by atoms with E-state index in [0.29, 0.717) is 17.2 Å². The standard InChI is InChI=1S/C17H15NO4/c19-12-4-1-10(2-5-12)13-8-14(13)17(20)18-11-3-6-15-16(7-11)22-9-21-15/h1-7,13-14,19H,8-9H2,(H,18,20). The molecule has 0 radical (unpaired) electrons. The summed E-state index contributed by atoms with van der Waals surface area (Å²) in [6.45, 7) is 0.221. The molecular formula is C17H15NO4. The van der Waals surface area contributed by atoms with E-state index in [2.05, 4.69) is 5.32 Å². The van der Waals surface area contributed by atoms with Crippen LogP contribution in [-0.2, 0) is 4.79 Å². The summed E-state index contributed by atoms with van der Waals surface area (Å²) in [5.74, 6) is 1.82. The first-order valence-corrected chi connectivity index (χ1v) is 7.20. The van der Waals surface area contributed by atoms with Crippen molar-refractivity contribution in [1.82, 2.24) is 0 Å². The molecule has 0 bridgehead atoms. The minimum Gasteiger partial charge on any atom is -0.508 e. The second-order valence-electron chi connectivity index (χ2n) is 5.60. The average molecular weight is 297 g/mol. The third-order valence-electron chi connectivity index (χ3n) is 4.09. The van der Waals surface area contributed by atoms with Gasteiger partial charge in [-0.2, -0.15) is 0 Å². The molecule has 1 fully saturated rings. The third kappa shape index (κ3) is 2.35. The molecule has 2 aromatic rings. The van der Waals surface area contributed by atoms with Gasteiger partial charge in [0.2, 0.25) is 12.7 Å². The van der Waals surface area contributed by atoms with Crippen molar-refractivity contribution in [3.05, 3.63) is 48.0 Å². The molecule has 5 heteroatoms. The molecule has 1 heterocycles. The van der Waals surface area contributed by atoms with Crippen molar-refractivity contribution in [3.8, 4) is 17.2 Å². The Balaban J connectivity index is 1.42. The second kappa shape index (κ2) is 4.94. The van der Waals surface area contributed by atoms with Gasteiger partial charge >= 0.3 is 0 Å². The number of amides is 1. The van der Waals surface area contributed by atoms with Crippen molar-refractivity contribution in [2.45, 2.75) is 12.3 Å². The number of nitrogens with one attached hydrogen (secondary N) is 1. The molecule has 2 N–H and O–H groups in total. The van der Waals surface area contributed by atoms with E-state index in [1.807, 2.05) is 18.2 Å². The lowest BCUT2D eigenvalue weighted by Crippen LogP contribution is -2.14. The van der Waals surface area contributed by atoms with E-state index in [0.717, 1.165) is 12.0 Å². The summed E-state index contributed by atoms with van der Waals surface area (Å²) in [5.41, 5.74) is 1.80. The highest BCUT2D eigenvalue weighted by molar-refractivity contribution is 5.95. The van der Waals surface area contributed by atoms with Crippen LogP contribution in [0.4, 0.5) is 5.69 Å². The second-order valence-corrected chi connectivity index (χ2v) is 5.60. The number of fused-ring (bicyclic) bond motifs is 1. The number of ether oxygens (including phenoxy) is 2. The van der Waals surface area contributed by atoms with Gasteiger partial charge in [0.1, 0.15) is 5.75 Å². The number of hydrogen-bond acceptors (Lipinski definition) is 4. The minimum atomic E-state index is -0.0186. The molecule has 4 rings (SSSR count). The monoisotopic (exact) mass is 297 g/mol. The fourth-order valence-electron chi connectivity index (χ4n) is 2.78. The van der Waals surface area contributed by atoms with Crippen LogP contribution in [0.25, 0.3) is 0 Å². The Morgan fingerprint density at radius 1 is 1.09 bits per heavy atom. The molecule has 0 spiro atoms. The predicted octanol–water partition coefficient (Wildman–Crippen LogP) is 2.86. The first kappa shape index (κ1) is 13.0. The maximum absolute atomic E-state index is 12.3. The van der Waals surface area contributed by atoms with Crippen LogP contribution >= 0.6 is 0 Å². The number of rotatable bonds is 3. The SMILES string of the molecule is O=C(Nc1ccc2c(c1)OCO2)C1CC1c1ccc(O)cc1. The molecule has 1 aliphatic heterocycles. The van der Waals surface area contributed by atoms with Gasteiger partial charge in [0.25, 0.3) is 0 Å². The van der Waals surface area contributed by atoms with Gasteiger partial charge in [-0.15, -0.1) is 0 Å². The number of carbonyl (C=O) groups is 1. The zero-order valence-corrected chi connectivity index (χ0v) is 11.8. The first-order valence-electron chi connectivity index (χ1n) is 7.20. The van der Waals surface area contributed by atoms with Crippen LogP contribution in [0.15, 0.2) is 42.5 Å². The van der Waals surface area contributed by atoms with Crippen molar-refractivity contribution in [2.75, 3.05) is 12.1 Å². The van der Waals surface area contributed by atoms with E-state index in [1.165, 1.54) is 0 Å². The lowest BCUT2D eigenvalue weighted by atomic mass is 10.1. The van der Waals surface area contributed by atoms with Crippen molar-refractivity contribution in [2.24, 2.45) is 5.92 Å². The van der Waals surface area contributed by atoms with Crippen molar-refractivity contribution in [3.63, 3.8) is 0 Å². The van der Waals surface area contributed by atoms with Crippen LogP contribution in [0, 0.1) is 5.92 Å². The average Bonchev–Trinajstić information content (AvgIpc) is 3.18. The normalized spacial score (nSPS) is 21.5. The fraction of sp³-hybridized carbons (Fsp3) is 0.235. The van der Waals surface area contributed by atoms with E-state index in [4.69, 9.17) is 9.47 Å². The predicted molar refractivity (Wildman–Crippen MR) is 80.1 cm³/mol. The Hall–Kier alpha value is -2.69. The molecule has 2 aliphatic rings. The molecule has 112 valence electrons. The van der Waals surface area contributed by atoms with Gasteiger partial charge in [-0.25, -0.2) is 0 Å². The van der Waals surface area contributed by atoms with Crippen LogP contribution in [0.5, 0.6) is 17.2 Å². The number of benzene rings is 2. The molecule has 0 saturated heterocycles. The van der Waals surface area contributed by atoms with Crippen LogP contribution in [0.1, 0.15) is 17.9 Å². The van der Waals surface area contributed by atoms with Crippen molar-refractivity contribution < 1.29 is 19.4 Å². The Bertz CT molecular complexity index is 726. The molecule has 1 amide bonds. The Morgan fingerprint density at radius 2 is 1.86 bits per heavy atom. The highest BCUT2D eigenvalue weighted by Crippen LogP contribution is 2.48. The number of hydrogen-bond donors (Lipinski definition) is 2. The fourth-order valence-corrected chi connectivity index (χ4v) is 2.78. The highest BCUT2D eigenvalue weighted by Gasteiger charge is 2.43. The Labute approximate surface area is 127 Å². The van der Waals surface area contributed by atoms with Crippen LogP contribution in [0.2, 0.25) is 0 Å². The van der Waals surface area contributed by atoms with E-state index in [-0.39, 0.29) is 30.3 Å². The van der Waals surface area contributed by atoms with E-state index >= 15 is 0 Å². The number of phenolic OH excluding ortho intramolecular Hbond substituents is 1. The quantitative estimate of drug-likeness (QED) is 0.914. The summed E-state index contributed by atoms with van der Waals surface area (Å²) in [6.07, 6.45) is 0.834. The maximum atomic E-state index is 12.3. The molecule has 0 aromatic heterocycles. The van der Waals surface area contributed by atoms with Crippen molar-refractivity contribution >= 4 is 11.6 Å². The molecule has 22 heavy (non-hydrogen) atoms. The largest absolute Gasteiger partial charge is 0.508 e. The van der Waals surface area contributed by atoms with E-state index < -0.39 is 0 Å². The summed E-state index contributed by atoms with van der Waals surface area (Å²) in [6, 6.07) is 12.4. The first-order chi connectivity index (χ1) is 10.7. The molecule has 1 aliphatic carbocycles. The minimum absolute atomic E-state index is 0.0111. The molecule has 1 saturated carbocycles. The van der Waals surface area contributed by atoms with Crippen LogP contribution in [0.3, 0.4) is 0 Å². The Morgan fingerprint density at radius 3 is 2.68 bits per heavy atom. The van der Waals surface area contributed by atoms with Crippen molar-refractivity contribution in [1.29, 1.82) is 0 Å². The molecular weight excluding hydrogens is 282 g/mol. The van der Waals surface area contributed by atoms with Gasteiger partial charge in [0.05, 0.1) is 0 Å². The summed E-state index contributed by atoms with van der Waals surface area (Å²) in [5, 5.41) is 12.2. The number of carbonyl (C=O) groups excluding carboxylic acids is 1. The summed E-state index contributed by atoms with van der Waals surface area (Å²) in [4.78, 5) is 12.3. The molecule has 5 nitrogen and oxygen atoms in total. The maximum Gasteiger partial charge on any atom is 0.231 e. The third-order valence-corrected chi connectivity index (χ3v) is 4.09. The van der Waals surface area contributed by atoms with E-state index in [1.54, 1.807) is 24.3 Å².